The number of amides is 1. The van der Waals surface area contributed by atoms with Crippen molar-refractivity contribution in [3.8, 4) is 0 Å². The maximum atomic E-state index is 14.5. The van der Waals surface area contributed by atoms with Gasteiger partial charge >= 0.3 is 47.8 Å². The Morgan fingerprint density at radius 3 is 1.94 bits per heavy atom. The number of esters is 8. The molecule has 27 nitrogen and oxygen atoms in total. The van der Waals surface area contributed by atoms with Gasteiger partial charge in [0.25, 0.3) is 5.79 Å². The van der Waals surface area contributed by atoms with Gasteiger partial charge in [-0.05, 0) is 17.7 Å². The molecule has 0 bridgehead atoms. The molecule has 0 aliphatic carbocycles. The van der Waals surface area contributed by atoms with Crippen LogP contribution in [-0.2, 0) is 105 Å². The predicted octanol–water partition coefficient (Wildman–Crippen LogP) is 0.698. The second-order valence-electron chi connectivity index (χ2n) is 15.2. The summed E-state index contributed by atoms with van der Waals surface area (Å²) in [4.78, 5) is 119. The molecule has 0 radical (unpaired) electrons. The molecule has 2 heterocycles. The van der Waals surface area contributed by atoms with Gasteiger partial charge in [-0.3, -0.25) is 33.6 Å². The lowest BCUT2D eigenvalue weighted by molar-refractivity contribution is -0.371. The monoisotopic (exact) mass is 998 g/mol. The van der Waals surface area contributed by atoms with E-state index in [1.165, 1.54) is 12.1 Å². The lowest BCUT2D eigenvalue weighted by Crippen LogP contribution is -2.72. The summed E-state index contributed by atoms with van der Waals surface area (Å²) < 4.78 is 80.3. The van der Waals surface area contributed by atoms with Gasteiger partial charge in [0.05, 0.1) is 58.2 Å². The molecule has 0 saturated carbocycles. The topological polar surface area (TPSA) is 344 Å². The molecule has 2 fully saturated rings. The van der Waals surface area contributed by atoms with Crippen molar-refractivity contribution in [3.05, 3.63) is 46.3 Å². The molecule has 0 unspecified atom stereocenters. The standard InChI is InChI=1S/C43H58N4O23/c1-23(48)46-34-31(63-25(3)50)20-43(42(56)57-8,69-37(34)35(65-27(5)52)32(64-26(4)51)21-61-24(2)49)70-38-36(66-28(6)53)33(22-62-40(55)30-12-10-9-11-13-30)68-41(39(38)67-29(7)54)60-19-18-59-17-16-58-15-14-45-47-44/h9-13,31-39,41H,14-22H2,1-8H3,(H,46,48)/t31-,32+,33+,34+,35+,36-,37+,38-,39+,41+,43-/m0/s1. The number of ether oxygens (including phenoxy) is 14. The van der Waals surface area contributed by atoms with Crippen molar-refractivity contribution in [2.24, 2.45) is 5.11 Å². The smallest absolute Gasteiger partial charge is 0.366 e. The summed E-state index contributed by atoms with van der Waals surface area (Å²) in [6, 6.07) is 6.11. The Morgan fingerprint density at radius 1 is 0.757 bits per heavy atom. The number of hydrogen-bond donors (Lipinski definition) is 1. The van der Waals surface area contributed by atoms with Gasteiger partial charge in [-0.25, -0.2) is 9.59 Å². The van der Waals surface area contributed by atoms with Gasteiger partial charge in [-0.1, -0.05) is 23.3 Å². The van der Waals surface area contributed by atoms with E-state index in [-0.39, 0.29) is 45.1 Å². The highest BCUT2D eigenvalue weighted by Gasteiger charge is 2.63. The van der Waals surface area contributed by atoms with Gasteiger partial charge in [0.15, 0.2) is 30.7 Å². The number of benzene rings is 1. The number of nitrogens with one attached hydrogen (secondary N) is 1. The highest BCUT2D eigenvalue weighted by atomic mass is 16.8. The number of hydrogen-bond acceptors (Lipinski definition) is 24. The largest absolute Gasteiger partial charge is 0.465 e. The van der Waals surface area contributed by atoms with Crippen molar-refractivity contribution in [3.63, 3.8) is 0 Å². The lowest BCUT2D eigenvalue weighted by Gasteiger charge is -2.51. The van der Waals surface area contributed by atoms with E-state index < -0.39 is 140 Å². The summed E-state index contributed by atoms with van der Waals surface area (Å²) in [7, 11) is 0.901. The summed E-state index contributed by atoms with van der Waals surface area (Å²) in [5.41, 5.74) is 8.55. The van der Waals surface area contributed by atoms with E-state index in [4.69, 9.17) is 71.8 Å². The van der Waals surface area contributed by atoms with Crippen molar-refractivity contribution < 1.29 is 109 Å². The highest BCUT2D eigenvalue weighted by Crippen LogP contribution is 2.41. The quantitative estimate of drug-likeness (QED) is 0.0333. The Labute approximate surface area is 401 Å². The molecular formula is C43H58N4O23. The Balaban J connectivity index is 2.28. The van der Waals surface area contributed by atoms with Gasteiger partial charge in [0.1, 0.15) is 37.6 Å². The Hall–Kier alpha value is -6.48. The molecule has 2 aliphatic heterocycles. The van der Waals surface area contributed by atoms with Crippen LogP contribution >= 0.6 is 0 Å². The van der Waals surface area contributed by atoms with Gasteiger partial charge in [0.2, 0.25) is 5.91 Å². The summed E-state index contributed by atoms with van der Waals surface area (Å²) >= 11 is 0. The van der Waals surface area contributed by atoms with Crippen LogP contribution in [0, 0.1) is 0 Å². The van der Waals surface area contributed by atoms with Crippen LogP contribution in [0.5, 0.6) is 0 Å². The molecule has 388 valence electrons. The number of carbonyl (C=O) groups excluding carboxylic acids is 9. The van der Waals surface area contributed by atoms with E-state index in [1.807, 2.05) is 0 Å². The number of azide groups is 1. The van der Waals surface area contributed by atoms with Crippen LogP contribution in [-0.4, -0.2) is 181 Å². The molecule has 1 aromatic rings. The molecule has 27 heteroatoms. The lowest BCUT2D eigenvalue weighted by atomic mass is 9.87. The average molecular weight is 999 g/mol. The van der Waals surface area contributed by atoms with E-state index in [2.05, 4.69) is 15.3 Å². The van der Waals surface area contributed by atoms with Gasteiger partial charge < -0.3 is 71.6 Å². The first kappa shape index (κ1) is 57.8. The van der Waals surface area contributed by atoms with E-state index >= 15 is 0 Å². The van der Waals surface area contributed by atoms with Crippen molar-refractivity contribution in [1.29, 1.82) is 0 Å². The van der Waals surface area contributed by atoms with Gasteiger partial charge in [0, 0.05) is 59.9 Å². The number of rotatable bonds is 26. The molecule has 11 atom stereocenters. The molecule has 1 N–H and O–H groups in total. The van der Waals surface area contributed by atoms with Crippen molar-refractivity contribution in [1.82, 2.24) is 5.32 Å². The average Bonchev–Trinajstić information content (AvgIpc) is 3.28. The van der Waals surface area contributed by atoms with Crippen LogP contribution in [0.4, 0.5) is 0 Å². The van der Waals surface area contributed by atoms with Gasteiger partial charge in [-0.2, -0.15) is 0 Å². The van der Waals surface area contributed by atoms with Crippen LogP contribution in [0.2, 0.25) is 0 Å². The van der Waals surface area contributed by atoms with Crippen LogP contribution in [0.1, 0.15) is 65.2 Å². The zero-order chi connectivity index (χ0) is 52.0. The first-order valence-corrected chi connectivity index (χ1v) is 21.6. The minimum atomic E-state index is -2.97. The molecule has 0 aromatic heterocycles. The summed E-state index contributed by atoms with van der Waals surface area (Å²) in [5.74, 6) is -11.9. The third-order valence-corrected chi connectivity index (χ3v) is 9.69. The fourth-order valence-electron chi connectivity index (χ4n) is 7.18. The number of nitrogens with zero attached hydrogens (tertiary/aromatic N) is 3. The zero-order valence-electron chi connectivity index (χ0n) is 39.8. The second kappa shape index (κ2) is 28.9. The molecule has 2 aliphatic rings. The molecule has 0 spiro atoms. The molecule has 1 amide bonds. The Bertz CT molecular complexity index is 2020. The minimum Gasteiger partial charge on any atom is -0.465 e. The third-order valence-electron chi connectivity index (χ3n) is 9.69. The minimum absolute atomic E-state index is 0.0491. The first-order valence-electron chi connectivity index (χ1n) is 21.6. The van der Waals surface area contributed by atoms with Crippen LogP contribution in [0.25, 0.3) is 10.4 Å². The van der Waals surface area contributed by atoms with Crippen molar-refractivity contribution in [2.45, 2.75) is 122 Å². The molecular weight excluding hydrogens is 940 g/mol. The first-order chi connectivity index (χ1) is 33.2. The molecule has 1 aromatic carbocycles. The predicted molar refractivity (Wildman–Crippen MR) is 228 cm³/mol. The summed E-state index contributed by atoms with van der Waals surface area (Å²) in [5, 5.41) is 5.90. The summed E-state index contributed by atoms with van der Waals surface area (Å²) in [6.07, 6.45) is -17.3. The Morgan fingerprint density at radius 2 is 1.37 bits per heavy atom. The third kappa shape index (κ3) is 18.4. The van der Waals surface area contributed by atoms with Crippen LogP contribution < -0.4 is 5.32 Å². The van der Waals surface area contributed by atoms with Gasteiger partial charge in [-0.15, -0.1) is 0 Å². The fraction of sp³-hybridized carbons (Fsp3) is 0.651. The van der Waals surface area contributed by atoms with Crippen molar-refractivity contribution >= 4 is 53.7 Å². The molecule has 3 rings (SSSR count). The second-order valence-corrected chi connectivity index (χ2v) is 15.2. The van der Waals surface area contributed by atoms with Crippen LogP contribution in [0.15, 0.2) is 35.4 Å². The fourth-order valence-corrected chi connectivity index (χ4v) is 7.18. The Kier molecular flexibility index (Phi) is 23.9. The van der Waals surface area contributed by atoms with E-state index in [1.54, 1.807) is 18.2 Å². The van der Waals surface area contributed by atoms with E-state index in [0.717, 1.165) is 55.6 Å². The maximum Gasteiger partial charge on any atom is 0.366 e. The molecule has 70 heavy (non-hydrogen) atoms. The summed E-state index contributed by atoms with van der Waals surface area (Å²) in [6.45, 7) is 5.39. The zero-order valence-corrected chi connectivity index (χ0v) is 39.8. The van der Waals surface area contributed by atoms with E-state index in [0.29, 0.717) is 0 Å². The van der Waals surface area contributed by atoms with E-state index in [9.17, 15) is 43.2 Å². The number of carbonyl (C=O) groups is 9. The SMILES string of the molecule is COC(=O)[C@@]1(O[C@H]2[C@@H](OC(C)=O)[C@@H](COC(=O)c3ccccc3)O[C@@H](OCCOCCOCCN=[N+]=[N-])[C@@H]2OC(C)=O)C[C@H](OC(C)=O)[C@@H](NC(C)=O)[C@H]([C@H](OC(C)=O)[C@@H](COC(C)=O)OC(C)=O)O1. The number of methoxy groups -OCH3 is 1. The molecule has 2 saturated heterocycles. The normalized spacial score (nSPS) is 24.7. The maximum absolute atomic E-state index is 14.5. The van der Waals surface area contributed by atoms with Crippen molar-refractivity contribution in [2.75, 3.05) is 59.9 Å². The van der Waals surface area contributed by atoms with Crippen LogP contribution in [0.3, 0.4) is 0 Å². The highest BCUT2D eigenvalue weighted by molar-refractivity contribution is 5.89.